The predicted octanol–water partition coefficient (Wildman–Crippen LogP) is 3.88. The van der Waals surface area contributed by atoms with E-state index in [4.69, 9.17) is 4.74 Å². The second-order valence-electron chi connectivity index (χ2n) is 4.46. The first-order valence-electron chi connectivity index (χ1n) is 6.73. The van der Waals surface area contributed by atoms with Crippen molar-refractivity contribution in [3.05, 3.63) is 78.9 Å². The third-order valence-electron chi connectivity index (χ3n) is 2.88. The van der Waals surface area contributed by atoms with Gasteiger partial charge in [0.15, 0.2) is 0 Å². The number of nitrogens with zero attached hydrogens (tertiary/aromatic N) is 2. The number of rotatable bonds is 5. The van der Waals surface area contributed by atoms with Gasteiger partial charge in [0.2, 0.25) is 0 Å². The van der Waals surface area contributed by atoms with Crippen LogP contribution < -0.4 is 10.1 Å². The van der Waals surface area contributed by atoms with E-state index in [9.17, 15) is 0 Å². The average Bonchev–Trinajstić information content (AvgIpc) is 2.55. The zero-order chi connectivity index (χ0) is 14.3. The molecule has 0 fully saturated rings. The summed E-state index contributed by atoms with van der Waals surface area (Å²) in [6, 6.07) is 19.3. The van der Waals surface area contributed by atoms with Gasteiger partial charge in [-0.05, 0) is 30.3 Å². The number of aromatic nitrogens is 2. The third kappa shape index (κ3) is 3.79. The van der Waals surface area contributed by atoms with Gasteiger partial charge < -0.3 is 10.1 Å². The molecule has 2 aromatic carbocycles. The van der Waals surface area contributed by atoms with Crippen molar-refractivity contribution in [2.75, 3.05) is 5.32 Å². The number of hydrogen-bond donors (Lipinski definition) is 1. The number of ether oxygens (including phenoxy) is 1. The molecule has 1 aromatic heterocycles. The molecule has 0 aliphatic heterocycles. The van der Waals surface area contributed by atoms with Crippen LogP contribution in [-0.4, -0.2) is 9.97 Å². The predicted molar refractivity (Wildman–Crippen MR) is 82.3 cm³/mol. The van der Waals surface area contributed by atoms with Gasteiger partial charge in [0.05, 0.1) is 6.54 Å². The van der Waals surface area contributed by atoms with Crippen LogP contribution in [0.2, 0.25) is 0 Å². The van der Waals surface area contributed by atoms with Crippen LogP contribution >= 0.6 is 0 Å². The van der Waals surface area contributed by atoms with Gasteiger partial charge in [0.25, 0.3) is 0 Å². The van der Waals surface area contributed by atoms with Crippen LogP contribution in [0.3, 0.4) is 0 Å². The van der Waals surface area contributed by atoms with Gasteiger partial charge in [-0.2, -0.15) is 0 Å². The van der Waals surface area contributed by atoms with E-state index in [0.717, 1.165) is 23.0 Å². The van der Waals surface area contributed by atoms with Crippen molar-refractivity contribution < 1.29 is 4.74 Å². The molecule has 0 aliphatic carbocycles. The second kappa shape index (κ2) is 6.52. The van der Waals surface area contributed by atoms with E-state index in [0.29, 0.717) is 6.54 Å². The van der Waals surface area contributed by atoms with Crippen LogP contribution in [0, 0.1) is 0 Å². The first-order valence-corrected chi connectivity index (χ1v) is 6.73. The van der Waals surface area contributed by atoms with E-state index in [1.807, 2.05) is 54.6 Å². The lowest BCUT2D eigenvalue weighted by Gasteiger charge is -2.09. The Bertz CT molecular complexity index is 687. The maximum absolute atomic E-state index is 5.80. The first-order chi connectivity index (χ1) is 10.4. The van der Waals surface area contributed by atoms with Gasteiger partial charge in [0.1, 0.15) is 17.3 Å². The summed E-state index contributed by atoms with van der Waals surface area (Å²) < 4.78 is 5.80. The summed E-state index contributed by atoms with van der Waals surface area (Å²) in [7, 11) is 0. The number of para-hydroxylation sites is 1. The van der Waals surface area contributed by atoms with Crippen molar-refractivity contribution in [1.29, 1.82) is 0 Å². The molecule has 104 valence electrons. The Morgan fingerprint density at radius 3 is 2.38 bits per heavy atom. The molecule has 3 aromatic rings. The summed E-state index contributed by atoms with van der Waals surface area (Å²) in [6.07, 6.45) is 3.47. The zero-order valence-corrected chi connectivity index (χ0v) is 11.4. The Morgan fingerprint density at radius 2 is 1.57 bits per heavy atom. The van der Waals surface area contributed by atoms with Crippen LogP contribution in [0.25, 0.3) is 0 Å². The first kappa shape index (κ1) is 13.1. The normalized spacial score (nSPS) is 10.1. The fourth-order valence-electron chi connectivity index (χ4n) is 1.90. The van der Waals surface area contributed by atoms with Gasteiger partial charge in [-0.1, -0.05) is 24.3 Å². The minimum absolute atomic E-state index is 0.579. The van der Waals surface area contributed by atoms with Crippen molar-refractivity contribution in [2.24, 2.45) is 0 Å². The van der Waals surface area contributed by atoms with E-state index in [2.05, 4.69) is 15.3 Å². The third-order valence-corrected chi connectivity index (χ3v) is 2.88. The molecule has 0 unspecified atom stereocenters. The molecule has 0 amide bonds. The van der Waals surface area contributed by atoms with Crippen molar-refractivity contribution in [3.63, 3.8) is 0 Å². The summed E-state index contributed by atoms with van der Waals surface area (Å²) >= 11 is 0. The van der Waals surface area contributed by atoms with Crippen molar-refractivity contribution in [3.8, 4) is 11.5 Å². The van der Waals surface area contributed by atoms with Gasteiger partial charge in [-0.15, -0.1) is 0 Å². The molecule has 1 N–H and O–H groups in total. The molecule has 0 spiro atoms. The van der Waals surface area contributed by atoms with Crippen LogP contribution in [0.1, 0.15) is 5.82 Å². The van der Waals surface area contributed by atoms with Crippen molar-refractivity contribution >= 4 is 5.69 Å². The molecule has 0 bridgehead atoms. The van der Waals surface area contributed by atoms with Crippen LogP contribution in [0.5, 0.6) is 11.5 Å². The van der Waals surface area contributed by atoms with E-state index >= 15 is 0 Å². The maximum Gasteiger partial charge on any atom is 0.147 e. The van der Waals surface area contributed by atoms with Gasteiger partial charge in [-0.25, -0.2) is 9.97 Å². The standard InChI is InChI=1S/C17H15N3O/c1-2-7-15(8-3-1)21-16-9-4-6-14(12-16)20-13-17-18-10-5-11-19-17/h1-12,20H,13H2. The summed E-state index contributed by atoms with van der Waals surface area (Å²) in [5.74, 6) is 2.37. The number of nitrogens with one attached hydrogen (secondary N) is 1. The molecule has 3 rings (SSSR count). The second-order valence-corrected chi connectivity index (χ2v) is 4.46. The Hall–Kier alpha value is -2.88. The van der Waals surface area contributed by atoms with Crippen LogP contribution in [-0.2, 0) is 6.54 Å². The summed E-state index contributed by atoms with van der Waals surface area (Å²) in [5.41, 5.74) is 0.968. The Kier molecular flexibility index (Phi) is 4.07. The number of benzene rings is 2. The summed E-state index contributed by atoms with van der Waals surface area (Å²) in [4.78, 5) is 8.36. The highest BCUT2D eigenvalue weighted by molar-refractivity contribution is 5.49. The fraction of sp³-hybridized carbons (Fsp3) is 0.0588. The van der Waals surface area contributed by atoms with Crippen molar-refractivity contribution in [2.45, 2.75) is 6.54 Å². The highest BCUT2D eigenvalue weighted by atomic mass is 16.5. The minimum atomic E-state index is 0.579. The van der Waals surface area contributed by atoms with Gasteiger partial charge in [0, 0.05) is 24.1 Å². The van der Waals surface area contributed by atoms with E-state index < -0.39 is 0 Å². The fourth-order valence-corrected chi connectivity index (χ4v) is 1.90. The summed E-state index contributed by atoms with van der Waals surface area (Å²) in [6.45, 7) is 0.579. The number of hydrogen-bond acceptors (Lipinski definition) is 4. The van der Waals surface area contributed by atoms with E-state index in [-0.39, 0.29) is 0 Å². The lowest BCUT2D eigenvalue weighted by molar-refractivity contribution is 0.483. The lowest BCUT2D eigenvalue weighted by Crippen LogP contribution is -2.03. The average molecular weight is 277 g/mol. The largest absolute Gasteiger partial charge is 0.457 e. The molecule has 0 saturated heterocycles. The minimum Gasteiger partial charge on any atom is -0.457 e. The van der Waals surface area contributed by atoms with Gasteiger partial charge in [-0.3, -0.25) is 0 Å². The topological polar surface area (TPSA) is 47.0 Å². The van der Waals surface area contributed by atoms with Gasteiger partial charge >= 0.3 is 0 Å². The maximum atomic E-state index is 5.80. The quantitative estimate of drug-likeness (QED) is 0.768. The molecular weight excluding hydrogens is 262 g/mol. The monoisotopic (exact) mass is 277 g/mol. The molecule has 4 heteroatoms. The molecule has 4 nitrogen and oxygen atoms in total. The SMILES string of the molecule is c1ccc(Oc2cccc(NCc3ncccn3)c2)cc1. The van der Waals surface area contributed by atoms with E-state index in [1.165, 1.54) is 0 Å². The highest BCUT2D eigenvalue weighted by Crippen LogP contribution is 2.23. The van der Waals surface area contributed by atoms with Crippen molar-refractivity contribution in [1.82, 2.24) is 9.97 Å². The summed E-state index contributed by atoms with van der Waals surface area (Å²) in [5, 5.41) is 3.28. The Morgan fingerprint density at radius 1 is 0.810 bits per heavy atom. The lowest BCUT2D eigenvalue weighted by atomic mass is 10.3. The molecular formula is C17H15N3O. The molecule has 0 atom stereocenters. The molecule has 0 saturated carbocycles. The Labute approximate surface area is 123 Å². The highest BCUT2D eigenvalue weighted by Gasteiger charge is 2.00. The number of anilines is 1. The van der Waals surface area contributed by atoms with Crippen LogP contribution in [0.15, 0.2) is 73.1 Å². The molecule has 1 heterocycles. The van der Waals surface area contributed by atoms with Crippen LogP contribution in [0.4, 0.5) is 5.69 Å². The smallest absolute Gasteiger partial charge is 0.147 e. The molecule has 0 radical (unpaired) electrons. The van der Waals surface area contributed by atoms with E-state index in [1.54, 1.807) is 18.5 Å². The zero-order valence-electron chi connectivity index (χ0n) is 11.4. The Balaban J connectivity index is 1.66. The molecule has 21 heavy (non-hydrogen) atoms. The molecule has 0 aliphatic rings.